The number of hydrogen-bond acceptors (Lipinski definition) is 4. The maximum Gasteiger partial charge on any atom is 0.139 e. The predicted molar refractivity (Wildman–Crippen MR) is 86.5 cm³/mol. The van der Waals surface area contributed by atoms with Crippen molar-refractivity contribution in [3.63, 3.8) is 0 Å². The van der Waals surface area contributed by atoms with Crippen LogP contribution in [0.3, 0.4) is 0 Å². The Morgan fingerprint density at radius 1 is 1.40 bits per heavy atom. The van der Waals surface area contributed by atoms with E-state index in [0.29, 0.717) is 11.0 Å². The molecule has 1 saturated heterocycles. The summed E-state index contributed by atoms with van der Waals surface area (Å²) in [6.07, 6.45) is 3.39. The number of nitrogens with two attached hydrogens (primary N) is 1. The molecule has 1 aromatic rings. The second-order valence-corrected chi connectivity index (χ2v) is 6.40. The topological polar surface area (TPSA) is 45.4 Å². The minimum Gasteiger partial charge on any atom is -0.389 e. The molecule has 0 amide bonds. The molecule has 20 heavy (non-hydrogen) atoms. The van der Waals surface area contributed by atoms with Crippen molar-refractivity contribution in [1.82, 2.24) is 9.88 Å². The Hall–Kier alpha value is -1.20. The number of pyridine rings is 1. The standard InChI is InChI=1S/C15H22N4S/c1-10-9-19(7-6-18(10)2)15-12(14(16)20)8-11-4-3-5-13(11)17-15/h8,10H,3-7,9H2,1-2H3,(H2,16,20). The van der Waals surface area contributed by atoms with Gasteiger partial charge in [-0.1, -0.05) is 12.2 Å². The van der Waals surface area contributed by atoms with Gasteiger partial charge >= 0.3 is 0 Å². The number of likely N-dealkylation sites (N-methyl/N-ethyl adjacent to an activating group) is 1. The van der Waals surface area contributed by atoms with Crippen molar-refractivity contribution in [2.45, 2.75) is 32.2 Å². The van der Waals surface area contributed by atoms with Gasteiger partial charge in [0.15, 0.2) is 0 Å². The number of nitrogens with zero attached hydrogens (tertiary/aromatic N) is 3. The van der Waals surface area contributed by atoms with Crippen LogP contribution in [0.1, 0.15) is 30.2 Å². The van der Waals surface area contributed by atoms with E-state index in [2.05, 4.69) is 29.8 Å². The van der Waals surface area contributed by atoms with Crippen molar-refractivity contribution in [3.8, 4) is 0 Å². The second-order valence-electron chi connectivity index (χ2n) is 5.96. The molecule has 1 atom stereocenters. The highest BCUT2D eigenvalue weighted by molar-refractivity contribution is 7.80. The number of aromatic nitrogens is 1. The molecule has 0 radical (unpaired) electrons. The summed E-state index contributed by atoms with van der Waals surface area (Å²) in [5, 5.41) is 0. The van der Waals surface area contributed by atoms with Gasteiger partial charge in [0.1, 0.15) is 10.8 Å². The van der Waals surface area contributed by atoms with E-state index in [9.17, 15) is 0 Å². The average Bonchev–Trinajstić information content (AvgIpc) is 2.87. The third kappa shape index (κ3) is 2.40. The molecule has 0 aromatic carbocycles. The lowest BCUT2D eigenvalue weighted by molar-refractivity contribution is 0.233. The normalized spacial score (nSPS) is 22.9. The molecule has 0 saturated carbocycles. The minimum atomic E-state index is 0.466. The van der Waals surface area contributed by atoms with Gasteiger partial charge in [0.2, 0.25) is 0 Å². The van der Waals surface area contributed by atoms with Crippen LogP contribution in [0.25, 0.3) is 0 Å². The Morgan fingerprint density at radius 3 is 2.90 bits per heavy atom. The molecular formula is C15H22N4S. The van der Waals surface area contributed by atoms with Gasteiger partial charge in [-0.15, -0.1) is 0 Å². The molecule has 1 fully saturated rings. The summed E-state index contributed by atoms with van der Waals surface area (Å²) in [5.74, 6) is 0.998. The van der Waals surface area contributed by atoms with Crippen molar-refractivity contribution < 1.29 is 0 Å². The molecule has 108 valence electrons. The van der Waals surface area contributed by atoms with Gasteiger partial charge in [-0.05, 0) is 44.9 Å². The van der Waals surface area contributed by atoms with Crippen LogP contribution in [0.4, 0.5) is 5.82 Å². The summed E-state index contributed by atoms with van der Waals surface area (Å²) < 4.78 is 0. The van der Waals surface area contributed by atoms with Crippen LogP contribution in [0.5, 0.6) is 0 Å². The summed E-state index contributed by atoms with van der Waals surface area (Å²) in [4.78, 5) is 10.1. The summed E-state index contributed by atoms with van der Waals surface area (Å²) in [6, 6.07) is 2.70. The highest BCUT2D eigenvalue weighted by Crippen LogP contribution is 2.28. The van der Waals surface area contributed by atoms with Crippen molar-refractivity contribution >= 4 is 23.0 Å². The third-order valence-corrected chi connectivity index (χ3v) is 4.78. The zero-order valence-electron chi connectivity index (χ0n) is 12.2. The molecule has 0 spiro atoms. The second kappa shape index (κ2) is 5.30. The van der Waals surface area contributed by atoms with Crippen molar-refractivity contribution in [2.75, 3.05) is 31.6 Å². The van der Waals surface area contributed by atoms with E-state index in [4.69, 9.17) is 22.9 Å². The Morgan fingerprint density at radius 2 is 2.20 bits per heavy atom. The first-order chi connectivity index (χ1) is 9.56. The maximum absolute atomic E-state index is 5.93. The van der Waals surface area contributed by atoms with E-state index < -0.39 is 0 Å². The van der Waals surface area contributed by atoms with Crippen LogP contribution in [-0.4, -0.2) is 47.6 Å². The van der Waals surface area contributed by atoms with Gasteiger partial charge in [0.05, 0.1) is 5.56 Å². The summed E-state index contributed by atoms with van der Waals surface area (Å²) in [7, 11) is 2.17. The lowest BCUT2D eigenvalue weighted by Gasteiger charge is -2.39. The van der Waals surface area contributed by atoms with Crippen molar-refractivity contribution in [2.24, 2.45) is 5.73 Å². The van der Waals surface area contributed by atoms with E-state index in [1.54, 1.807) is 0 Å². The Labute approximate surface area is 126 Å². The smallest absolute Gasteiger partial charge is 0.139 e. The number of rotatable bonds is 2. The van der Waals surface area contributed by atoms with Gasteiger partial charge in [-0.25, -0.2) is 4.98 Å². The number of hydrogen-bond donors (Lipinski definition) is 1. The third-order valence-electron chi connectivity index (χ3n) is 4.56. The fourth-order valence-corrected chi connectivity index (χ4v) is 3.27. The molecular weight excluding hydrogens is 268 g/mol. The van der Waals surface area contributed by atoms with E-state index in [0.717, 1.165) is 43.9 Å². The van der Waals surface area contributed by atoms with Crippen molar-refractivity contribution in [3.05, 3.63) is 22.9 Å². The Kier molecular flexibility index (Phi) is 3.65. The first kappa shape index (κ1) is 13.8. The van der Waals surface area contributed by atoms with Gasteiger partial charge in [-0.3, -0.25) is 0 Å². The van der Waals surface area contributed by atoms with Crippen LogP contribution < -0.4 is 10.6 Å². The maximum atomic E-state index is 5.93. The quantitative estimate of drug-likeness (QED) is 0.833. The van der Waals surface area contributed by atoms with Crippen LogP contribution in [0, 0.1) is 0 Å². The lowest BCUT2D eigenvalue weighted by Crippen LogP contribution is -2.50. The number of aryl methyl sites for hydroxylation is 2. The molecule has 2 heterocycles. The number of piperazine rings is 1. The summed E-state index contributed by atoms with van der Waals surface area (Å²) in [6.45, 7) is 5.27. The van der Waals surface area contributed by atoms with Gasteiger partial charge in [-0.2, -0.15) is 0 Å². The predicted octanol–water partition coefficient (Wildman–Crippen LogP) is 1.34. The molecule has 1 unspecified atom stereocenters. The molecule has 4 nitrogen and oxygen atoms in total. The molecule has 1 aromatic heterocycles. The van der Waals surface area contributed by atoms with Crippen LogP contribution in [0.2, 0.25) is 0 Å². The molecule has 3 rings (SSSR count). The number of thiocarbonyl (C=S) groups is 1. The van der Waals surface area contributed by atoms with E-state index >= 15 is 0 Å². The van der Waals surface area contributed by atoms with Crippen LogP contribution in [0.15, 0.2) is 6.07 Å². The summed E-state index contributed by atoms with van der Waals surface area (Å²) in [5.41, 5.74) is 9.46. The van der Waals surface area contributed by atoms with Crippen LogP contribution >= 0.6 is 12.2 Å². The van der Waals surface area contributed by atoms with Crippen LogP contribution in [-0.2, 0) is 12.8 Å². The fraction of sp³-hybridized carbons (Fsp3) is 0.600. The number of fused-ring (bicyclic) bond motifs is 1. The zero-order chi connectivity index (χ0) is 14.3. The van der Waals surface area contributed by atoms with Gasteiger partial charge < -0.3 is 15.5 Å². The average molecular weight is 290 g/mol. The van der Waals surface area contributed by atoms with Gasteiger partial charge in [0.25, 0.3) is 0 Å². The SMILES string of the molecule is CC1CN(c2nc3c(cc2C(N)=S)CCC3)CCN1C. The number of anilines is 1. The lowest BCUT2D eigenvalue weighted by atomic mass is 10.1. The Balaban J connectivity index is 1.97. The Bertz CT molecular complexity index is 543. The summed E-state index contributed by atoms with van der Waals surface area (Å²) >= 11 is 5.24. The molecule has 2 aliphatic rings. The van der Waals surface area contributed by atoms with E-state index in [-0.39, 0.29) is 0 Å². The first-order valence-electron chi connectivity index (χ1n) is 7.34. The molecule has 1 aliphatic carbocycles. The van der Waals surface area contributed by atoms with Crippen molar-refractivity contribution in [1.29, 1.82) is 0 Å². The molecule has 5 heteroatoms. The zero-order valence-corrected chi connectivity index (χ0v) is 13.0. The molecule has 0 bridgehead atoms. The van der Waals surface area contributed by atoms with Gasteiger partial charge in [0, 0.05) is 31.4 Å². The van der Waals surface area contributed by atoms with E-state index in [1.807, 2.05) is 0 Å². The minimum absolute atomic E-state index is 0.466. The van der Waals surface area contributed by atoms with E-state index in [1.165, 1.54) is 17.7 Å². The first-order valence-corrected chi connectivity index (χ1v) is 7.75. The fourth-order valence-electron chi connectivity index (χ4n) is 3.12. The molecule has 2 N–H and O–H groups in total. The largest absolute Gasteiger partial charge is 0.389 e. The monoisotopic (exact) mass is 290 g/mol. The highest BCUT2D eigenvalue weighted by Gasteiger charge is 2.26. The molecule has 1 aliphatic heterocycles. The highest BCUT2D eigenvalue weighted by atomic mass is 32.1.